The minimum absolute atomic E-state index is 0.0741. The van der Waals surface area contributed by atoms with Crippen molar-refractivity contribution in [2.75, 3.05) is 6.61 Å². The predicted molar refractivity (Wildman–Crippen MR) is 117 cm³/mol. The summed E-state index contributed by atoms with van der Waals surface area (Å²) >= 11 is 0. The summed E-state index contributed by atoms with van der Waals surface area (Å²) in [6.07, 6.45) is 0.902. The highest BCUT2D eigenvalue weighted by Gasteiger charge is 2.34. The quantitative estimate of drug-likeness (QED) is 0.397. The van der Waals surface area contributed by atoms with E-state index in [1.54, 1.807) is 62.4 Å². The molecule has 0 spiro atoms. The van der Waals surface area contributed by atoms with Gasteiger partial charge in [-0.3, -0.25) is 9.11 Å². The second-order valence-corrected chi connectivity index (χ2v) is 9.65. The lowest BCUT2D eigenvalue weighted by Crippen LogP contribution is -2.37. The lowest BCUT2D eigenvalue weighted by Gasteiger charge is -2.27. The van der Waals surface area contributed by atoms with Crippen molar-refractivity contribution in [3.05, 3.63) is 84.8 Å². The van der Waals surface area contributed by atoms with E-state index in [1.165, 1.54) is 30.5 Å². The molecule has 11 heteroatoms. The van der Waals surface area contributed by atoms with Gasteiger partial charge in [0.25, 0.3) is 20.2 Å². The van der Waals surface area contributed by atoms with Gasteiger partial charge >= 0.3 is 0 Å². The summed E-state index contributed by atoms with van der Waals surface area (Å²) in [5.74, 6) is 0.611. The van der Waals surface area contributed by atoms with Crippen LogP contribution in [0.5, 0.6) is 0 Å². The Morgan fingerprint density at radius 1 is 0.812 bits per heavy atom. The third-order valence-corrected chi connectivity index (χ3v) is 6.15. The first-order chi connectivity index (χ1) is 14.8. The molecular formula is C21H26O9S2. The van der Waals surface area contributed by atoms with E-state index < -0.39 is 31.8 Å². The minimum Gasteiger partial charge on any atom is -0.469 e. The van der Waals surface area contributed by atoms with Crippen LogP contribution >= 0.6 is 0 Å². The lowest BCUT2D eigenvalue weighted by atomic mass is 9.83. The molecule has 32 heavy (non-hydrogen) atoms. The Bertz CT molecular complexity index is 1060. The topological polar surface area (TPSA) is 162 Å². The van der Waals surface area contributed by atoms with Gasteiger partial charge in [0, 0.05) is 0 Å². The molecule has 0 fully saturated rings. The fourth-order valence-corrected chi connectivity index (χ4v) is 3.21. The van der Waals surface area contributed by atoms with Gasteiger partial charge in [-0.05, 0) is 50.2 Å². The number of rotatable bonds is 5. The van der Waals surface area contributed by atoms with E-state index >= 15 is 0 Å². The Morgan fingerprint density at radius 2 is 1.22 bits per heavy atom. The van der Waals surface area contributed by atoms with E-state index in [0.717, 1.165) is 0 Å². The normalized spacial score (nSPS) is 14.1. The first kappa shape index (κ1) is 27.5. The largest absolute Gasteiger partial charge is 0.469 e. The Hall–Kier alpha value is -2.54. The molecule has 3 rings (SSSR count). The summed E-state index contributed by atoms with van der Waals surface area (Å²) in [5.41, 5.74) is -0.691. The molecule has 0 aliphatic carbocycles. The highest BCUT2D eigenvalue weighted by atomic mass is 32.2. The van der Waals surface area contributed by atoms with Crippen molar-refractivity contribution in [3.63, 3.8) is 0 Å². The molecule has 0 saturated heterocycles. The second kappa shape index (κ2) is 11.9. The molecule has 1 aromatic heterocycles. The molecule has 2 unspecified atom stereocenters. The third kappa shape index (κ3) is 8.54. The SMILES string of the molecule is CC(O)C(C)(CO)c1ccco1.O=S(=O)(O)c1ccccc1.O=S(=O)(O)c1ccccc1. The Balaban J connectivity index is 0.000000241. The highest BCUT2D eigenvalue weighted by Crippen LogP contribution is 2.27. The van der Waals surface area contributed by atoms with E-state index in [9.17, 15) is 21.9 Å². The van der Waals surface area contributed by atoms with Gasteiger partial charge in [0.1, 0.15) is 5.76 Å². The van der Waals surface area contributed by atoms with Crippen LogP contribution in [0, 0.1) is 0 Å². The van der Waals surface area contributed by atoms with Gasteiger partial charge in [-0.1, -0.05) is 36.4 Å². The zero-order valence-corrected chi connectivity index (χ0v) is 19.1. The molecule has 0 saturated carbocycles. The van der Waals surface area contributed by atoms with E-state index in [0.29, 0.717) is 5.76 Å². The van der Waals surface area contributed by atoms with Crippen molar-refractivity contribution < 1.29 is 40.6 Å². The van der Waals surface area contributed by atoms with Crippen LogP contribution in [0.25, 0.3) is 0 Å². The number of furan rings is 1. The average Bonchev–Trinajstić information content (AvgIpc) is 3.29. The van der Waals surface area contributed by atoms with Gasteiger partial charge in [0.05, 0.1) is 34.2 Å². The van der Waals surface area contributed by atoms with Crippen molar-refractivity contribution in [3.8, 4) is 0 Å². The van der Waals surface area contributed by atoms with E-state index in [1.807, 2.05) is 0 Å². The molecule has 2 aromatic carbocycles. The molecule has 4 N–H and O–H groups in total. The van der Waals surface area contributed by atoms with Crippen LogP contribution in [0.1, 0.15) is 19.6 Å². The monoisotopic (exact) mass is 486 g/mol. The third-order valence-electron chi connectivity index (χ3n) is 4.42. The maximum absolute atomic E-state index is 10.4. The molecule has 0 radical (unpaired) electrons. The number of hydrogen-bond donors (Lipinski definition) is 4. The van der Waals surface area contributed by atoms with Crippen molar-refractivity contribution in [1.29, 1.82) is 0 Å². The molecule has 9 nitrogen and oxygen atoms in total. The molecule has 176 valence electrons. The van der Waals surface area contributed by atoms with E-state index in [2.05, 4.69) is 0 Å². The van der Waals surface area contributed by atoms with Crippen molar-refractivity contribution in [2.45, 2.75) is 35.2 Å². The van der Waals surface area contributed by atoms with Crippen LogP contribution in [-0.4, -0.2) is 48.9 Å². The van der Waals surface area contributed by atoms with E-state index in [-0.39, 0.29) is 16.4 Å². The Kier molecular flexibility index (Phi) is 10.2. The molecule has 2 atom stereocenters. The number of hydrogen-bond acceptors (Lipinski definition) is 7. The van der Waals surface area contributed by atoms with Crippen LogP contribution in [0.15, 0.2) is 93.3 Å². The van der Waals surface area contributed by atoms with Gasteiger partial charge in [-0.25, -0.2) is 0 Å². The molecule has 0 amide bonds. The zero-order chi connectivity index (χ0) is 24.4. The van der Waals surface area contributed by atoms with Gasteiger partial charge < -0.3 is 14.6 Å². The summed E-state index contributed by atoms with van der Waals surface area (Å²) < 4.78 is 63.6. The maximum Gasteiger partial charge on any atom is 0.294 e. The van der Waals surface area contributed by atoms with E-state index in [4.69, 9.17) is 18.6 Å². The maximum atomic E-state index is 10.4. The molecular weight excluding hydrogens is 460 g/mol. The summed E-state index contributed by atoms with van der Waals surface area (Å²) in [7, 11) is -8.01. The summed E-state index contributed by atoms with van der Waals surface area (Å²) in [6, 6.07) is 18.3. The Morgan fingerprint density at radius 3 is 1.44 bits per heavy atom. The van der Waals surface area contributed by atoms with Crippen LogP contribution in [0.2, 0.25) is 0 Å². The number of aliphatic hydroxyl groups excluding tert-OH is 2. The first-order valence-electron chi connectivity index (χ1n) is 9.20. The second-order valence-electron chi connectivity index (χ2n) is 6.81. The van der Waals surface area contributed by atoms with Gasteiger partial charge in [0.2, 0.25) is 0 Å². The first-order valence-corrected chi connectivity index (χ1v) is 12.1. The number of benzene rings is 2. The standard InChI is InChI=1S/C9H14O3.2C6H6O3S/c1-7(11)9(2,6-10)8-4-3-5-12-8;2*7-10(8,9)6-4-2-1-3-5-6/h3-5,7,10-11H,6H2,1-2H3;2*1-5H,(H,7,8,9). The van der Waals surface area contributed by atoms with Crippen molar-refractivity contribution in [1.82, 2.24) is 0 Å². The molecule has 0 bridgehead atoms. The average molecular weight is 487 g/mol. The van der Waals surface area contributed by atoms with Crippen molar-refractivity contribution >= 4 is 20.2 Å². The fourth-order valence-electron chi connectivity index (χ4n) is 2.20. The molecule has 3 aromatic rings. The van der Waals surface area contributed by atoms with Crippen LogP contribution in [0.3, 0.4) is 0 Å². The van der Waals surface area contributed by atoms with Gasteiger partial charge in [0.15, 0.2) is 0 Å². The highest BCUT2D eigenvalue weighted by molar-refractivity contribution is 7.86. The van der Waals surface area contributed by atoms with Crippen molar-refractivity contribution in [2.24, 2.45) is 0 Å². The summed E-state index contributed by atoms with van der Waals surface area (Å²) in [4.78, 5) is -0.148. The smallest absolute Gasteiger partial charge is 0.294 e. The zero-order valence-electron chi connectivity index (χ0n) is 17.4. The van der Waals surface area contributed by atoms with Crippen LogP contribution in [0.4, 0.5) is 0 Å². The summed E-state index contributed by atoms with van der Waals surface area (Å²) in [6.45, 7) is 3.27. The van der Waals surface area contributed by atoms with Crippen LogP contribution in [-0.2, 0) is 25.7 Å². The van der Waals surface area contributed by atoms with Crippen LogP contribution < -0.4 is 0 Å². The predicted octanol–water partition coefficient (Wildman–Crippen LogP) is 2.78. The fraction of sp³-hybridized carbons (Fsp3) is 0.238. The number of aliphatic hydroxyl groups is 2. The molecule has 0 aliphatic rings. The lowest BCUT2D eigenvalue weighted by molar-refractivity contribution is 0.0481. The Labute approximate surface area is 187 Å². The molecule has 1 heterocycles. The summed E-state index contributed by atoms with van der Waals surface area (Å²) in [5, 5.41) is 18.5. The van der Waals surface area contributed by atoms with Gasteiger partial charge in [-0.2, -0.15) is 16.8 Å². The van der Waals surface area contributed by atoms with Gasteiger partial charge in [-0.15, -0.1) is 0 Å². The minimum atomic E-state index is -4.00. The molecule has 0 aliphatic heterocycles.